The maximum atomic E-state index is 11.7. The zero-order valence-electron chi connectivity index (χ0n) is 11.0. The summed E-state index contributed by atoms with van der Waals surface area (Å²) in [7, 11) is 0. The molecule has 100 valence electrons. The summed E-state index contributed by atoms with van der Waals surface area (Å²) in [6, 6.07) is 0.637. The molecule has 0 bridgehead atoms. The monoisotopic (exact) mass is 269 g/mol. The van der Waals surface area contributed by atoms with Gasteiger partial charge in [0.25, 0.3) is 0 Å². The molecule has 1 aromatic rings. The Labute approximate surface area is 111 Å². The lowest BCUT2D eigenvalue weighted by atomic mass is 10.1. The largest absolute Gasteiger partial charge is 0.353 e. The molecule has 0 aliphatic heterocycles. The first kappa shape index (κ1) is 13.3. The molecule has 0 spiro atoms. The molecule has 1 fully saturated rings. The topological polar surface area (TPSA) is 72.7 Å². The van der Waals surface area contributed by atoms with E-state index >= 15 is 0 Å². The second-order valence-corrected chi connectivity index (χ2v) is 5.97. The average Bonchev–Trinajstić information content (AvgIpc) is 3.05. The Balaban J connectivity index is 1.80. The van der Waals surface area contributed by atoms with Gasteiger partial charge in [0.05, 0.1) is 11.8 Å². The highest BCUT2D eigenvalue weighted by Crippen LogP contribution is 2.36. The van der Waals surface area contributed by atoms with E-state index in [1.54, 1.807) is 0 Å². The van der Waals surface area contributed by atoms with Gasteiger partial charge in [-0.25, -0.2) is 4.68 Å². The number of nitrogens with one attached hydrogen (secondary N) is 1. The van der Waals surface area contributed by atoms with E-state index in [-0.39, 0.29) is 11.9 Å². The number of carbonyl (C=O) groups is 1. The molecule has 0 saturated heterocycles. The van der Waals surface area contributed by atoms with Gasteiger partial charge in [-0.1, -0.05) is 25.6 Å². The number of tetrazole rings is 1. The first-order valence-corrected chi connectivity index (χ1v) is 7.26. The molecule has 0 radical (unpaired) electrons. The number of amides is 1. The lowest BCUT2D eigenvalue weighted by molar-refractivity contribution is -0.119. The normalized spacial score (nSPS) is 16.9. The Morgan fingerprint density at radius 1 is 1.50 bits per heavy atom. The molecule has 1 atom stereocenters. The van der Waals surface area contributed by atoms with Gasteiger partial charge >= 0.3 is 0 Å². The average molecular weight is 269 g/mol. The summed E-state index contributed by atoms with van der Waals surface area (Å²) in [5.74, 6) is 0.840. The third-order valence-corrected chi connectivity index (χ3v) is 4.01. The van der Waals surface area contributed by atoms with Gasteiger partial charge in [-0.05, 0) is 36.1 Å². The summed E-state index contributed by atoms with van der Waals surface area (Å²) in [6.07, 6.45) is 2.27. The maximum Gasteiger partial charge on any atom is 0.230 e. The van der Waals surface area contributed by atoms with Gasteiger partial charge in [0.1, 0.15) is 0 Å². The Kier molecular flexibility index (Phi) is 4.21. The van der Waals surface area contributed by atoms with Gasteiger partial charge in [-0.3, -0.25) is 4.79 Å². The van der Waals surface area contributed by atoms with Crippen LogP contribution in [-0.2, 0) is 4.79 Å². The zero-order chi connectivity index (χ0) is 13.1. The maximum absolute atomic E-state index is 11.7. The highest BCUT2D eigenvalue weighted by molar-refractivity contribution is 7.99. The minimum absolute atomic E-state index is 0.0338. The van der Waals surface area contributed by atoms with Crippen LogP contribution >= 0.6 is 11.8 Å². The van der Waals surface area contributed by atoms with E-state index in [2.05, 4.69) is 34.7 Å². The number of hydrogen-bond acceptors (Lipinski definition) is 5. The Morgan fingerprint density at radius 2 is 2.22 bits per heavy atom. The summed E-state index contributed by atoms with van der Waals surface area (Å²) < 4.78 is 1.82. The van der Waals surface area contributed by atoms with Crippen LogP contribution in [0.25, 0.3) is 0 Å². The Morgan fingerprint density at radius 3 is 2.83 bits per heavy atom. The van der Waals surface area contributed by atoms with Crippen molar-refractivity contribution < 1.29 is 4.79 Å². The fourth-order valence-corrected chi connectivity index (χ4v) is 2.18. The van der Waals surface area contributed by atoms with Crippen molar-refractivity contribution in [3.8, 4) is 0 Å². The predicted octanol–water partition coefficient (Wildman–Crippen LogP) is 1.26. The zero-order valence-corrected chi connectivity index (χ0v) is 11.8. The van der Waals surface area contributed by atoms with E-state index in [1.807, 2.05) is 11.6 Å². The van der Waals surface area contributed by atoms with Crippen LogP contribution in [0.2, 0.25) is 0 Å². The molecule has 18 heavy (non-hydrogen) atoms. The lowest BCUT2D eigenvalue weighted by Crippen LogP contribution is -2.37. The van der Waals surface area contributed by atoms with E-state index in [0.29, 0.717) is 17.7 Å². The molecule has 1 amide bonds. The van der Waals surface area contributed by atoms with Crippen LogP contribution in [0.1, 0.15) is 39.7 Å². The number of hydrogen-bond donors (Lipinski definition) is 1. The van der Waals surface area contributed by atoms with Crippen LogP contribution in [-0.4, -0.2) is 37.9 Å². The number of rotatable bonds is 6. The van der Waals surface area contributed by atoms with Crippen molar-refractivity contribution in [3.05, 3.63) is 0 Å². The van der Waals surface area contributed by atoms with E-state index in [4.69, 9.17) is 0 Å². The van der Waals surface area contributed by atoms with Gasteiger partial charge in [0, 0.05) is 6.04 Å². The van der Waals surface area contributed by atoms with Gasteiger partial charge in [0.2, 0.25) is 11.1 Å². The van der Waals surface area contributed by atoms with Crippen LogP contribution in [0.4, 0.5) is 0 Å². The van der Waals surface area contributed by atoms with E-state index in [0.717, 1.165) is 18.0 Å². The van der Waals surface area contributed by atoms with E-state index in [1.165, 1.54) is 11.8 Å². The molecule has 1 aliphatic rings. The highest BCUT2D eigenvalue weighted by atomic mass is 32.2. The molecular formula is C11H19N5OS. The predicted molar refractivity (Wildman–Crippen MR) is 69.3 cm³/mol. The van der Waals surface area contributed by atoms with Gasteiger partial charge in [0.15, 0.2) is 0 Å². The fraction of sp³-hybridized carbons (Fsp3) is 0.818. The third-order valence-electron chi connectivity index (χ3n) is 3.08. The molecule has 0 aromatic carbocycles. The van der Waals surface area contributed by atoms with Crippen molar-refractivity contribution in [3.63, 3.8) is 0 Å². The molecule has 1 saturated carbocycles. The number of nitrogens with zero attached hydrogens (tertiary/aromatic N) is 4. The molecule has 1 heterocycles. The summed E-state index contributed by atoms with van der Waals surface area (Å²) in [4.78, 5) is 11.7. The standard InChI is InChI=1S/C11H19N5OS/c1-7(2)8(3)12-10(17)6-18-11-13-14-15-16(11)9-4-5-9/h7-9H,4-6H2,1-3H3,(H,12,17)/t8-/m0/s1. The van der Waals surface area contributed by atoms with Crippen molar-refractivity contribution >= 4 is 17.7 Å². The molecule has 6 nitrogen and oxygen atoms in total. The summed E-state index contributed by atoms with van der Waals surface area (Å²) in [6.45, 7) is 6.19. The minimum Gasteiger partial charge on any atom is -0.353 e. The summed E-state index contributed by atoms with van der Waals surface area (Å²) in [5.41, 5.74) is 0. The van der Waals surface area contributed by atoms with Crippen LogP contribution in [0.15, 0.2) is 5.16 Å². The number of thioether (sulfide) groups is 1. The van der Waals surface area contributed by atoms with Gasteiger partial charge in [-0.15, -0.1) is 5.10 Å². The van der Waals surface area contributed by atoms with E-state index < -0.39 is 0 Å². The van der Waals surface area contributed by atoms with Crippen molar-refractivity contribution in [1.82, 2.24) is 25.5 Å². The second-order valence-electron chi connectivity index (χ2n) is 5.03. The van der Waals surface area contributed by atoms with Crippen LogP contribution < -0.4 is 5.32 Å². The molecule has 1 N–H and O–H groups in total. The van der Waals surface area contributed by atoms with Crippen LogP contribution in [0, 0.1) is 5.92 Å². The first-order valence-electron chi connectivity index (χ1n) is 6.28. The SMILES string of the molecule is CC(C)[C@H](C)NC(=O)CSc1nnnn1C1CC1. The molecular weight excluding hydrogens is 250 g/mol. The van der Waals surface area contributed by atoms with Crippen molar-refractivity contribution in [1.29, 1.82) is 0 Å². The second kappa shape index (κ2) is 5.69. The molecule has 1 aromatic heterocycles. The number of carbonyl (C=O) groups excluding carboxylic acids is 1. The van der Waals surface area contributed by atoms with E-state index in [9.17, 15) is 4.79 Å². The molecule has 7 heteroatoms. The van der Waals surface area contributed by atoms with Crippen molar-refractivity contribution in [2.24, 2.45) is 5.92 Å². The Bertz CT molecular complexity index is 415. The first-order chi connectivity index (χ1) is 8.58. The van der Waals surface area contributed by atoms with Gasteiger partial charge in [-0.2, -0.15) is 0 Å². The lowest BCUT2D eigenvalue weighted by Gasteiger charge is -2.16. The summed E-state index contributed by atoms with van der Waals surface area (Å²) >= 11 is 1.40. The van der Waals surface area contributed by atoms with Crippen LogP contribution in [0.3, 0.4) is 0 Å². The fourth-order valence-electron chi connectivity index (χ4n) is 1.42. The quantitative estimate of drug-likeness (QED) is 0.787. The highest BCUT2D eigenvalue weighted by Gasteiger charge is 2.28. The minimum atomic E-state index is 0.0338. The molecule has 0 unspecified atom stereocenters. The van der Waals surface area contributed by atoms with Gasteiger partial charge < -0.3 is 5.32 Å². The molecule has 2 rings (SSSR count). The summed E-state index contributed by atoms with van der Waals surface area (Å²) in [5, 5.41) is 15.3. The van der Waals surface area contributed by atoms with Crippen LogP contribution in [0.5, 0.6) is 0 Å². The number of aromatic nitrogens is 4. The van der Waals surface area contributed by atoms with Crippen molar-refractivity contribution in [2.45, 2.75) is 50.9 Å². The Hall–Kier alpha value is -1.11. The third kappa shape index (κ3) is 3.44. The van der Waals surface area contributed by atoms with Crippen molar-refractivity contribution in [2.75, 3.05) is 5.75 Å². The molecule has 1 aliphatic carbocycles. The smallest absolute Gasteiger partial charge is 0.230 e.